The summed E-state index contributed by atoms with van der Waals surface area (Å²) in [6.07, 6.45) is 2.73. The van der Waals surface area contributed by atoms with Crippen LogP contribution in [0, 0.1) is 5.82 Å². The highest BCUT2D eigenvalue weighted by Crippen LogP contribution is 2.20. The van der Waals surface area contributed by atoms with Gasteiger partial charge in [0, 0.05) is 36.1 Å². The highest BCUT2D eigenvalue weighted by molar-refractivity contribution is 14.0. The standard InChI is InChI=1S/C21H21FN4O.HI/c1-23-21(26-13-17-10-14-4-2-3-5-20(14)27-17)24-9-8-15-12-25-19-11-16(22)6-7-18(15)19;/h2-7,10-12,25H,8-9,13H2,1H3,(H2,23,24,26);1H. The first-order chi connectivity index (χ1) is 13.2. The number of fused-ring (bicyclic) bond motifs is 2. The van der Waals surface area contributed by atoms with Gasteiger partial charge in [0.15, 0.2) is 5.96 Å². The molecule has 2 heterocycles. The van der Waals surface area contributed by atoms with E-state index >= 15 is 0 Å². The van der Waals surface area contributed by atoms with Gasteiger partial charge >= 0.3 is 0 Å². The van der Waals surface area contributed by atoms with E-state index in [0.717, 1.165) is 39.6 Å². The molecule has 0 spiro atoms. The first-order valence-electron chi connectivity index (χ1n) is 8.90. The molecule has 2 aromatic heterocycles. The van der Waals surface area contributed by atoms with E-state index < -0.39 is 0 Å². The molecular weight excluding hydrogens is 470 g/mol. The summed E-state index contributed by atoms with van der Waals surface area (Å²) in [5.41, 5.74) is 2.84. The van der Waals surface area contributed by atoms with Crippen molar-refractivity contribution in [3.63, 3.8) is 0 Å². The molecule has 0 aliphatic carbocycles. The van der Waals surface area contributed by atoms with Gasteiger partial charge in [0.25, 0.3) is 0 Å². The molecule has 28 heavy (non-hydrogen) atoms. The van der Waals surface area contributed by atoms with Gasteiger partial charge in [-0.05, 0) is 42.3 Å². The van der Waals surface area contributed by atoms with Crippen molar-refractivity contribution in [2.75, 3.05) is 13.6 Å². The van der Waals surface area contributed by atoms with Gasteiger partial charge in [0.2, 0.25) is 0 Å². The van der Waals surface area contributed by atoms with Crippen LogP contribution >= 0.6 is 24.0 Å². The third-order valence-corrected chi connectivity index (χ3v) is 4.55. The first kappa shape index (κ1) is 20.2. The maximum atomic E-state index is 13.3. The molecule has 0 atom stereocenters. The van der Waals surface area contributed by atoms with Crippen LogP contribution in [0.15, 0.2) is 64.1 Å². The average molecular weight is 492 g/mol. The number of H-pyrrole nitrogens is 1. The molecule has 4 aromatic rings. The quantitative estimate of drug-likeness (QED) is 0.217. The van der Waals surface area contributed by atoms with E-state index in [9.17, 15) is 4.39 Å². The lowest BCUT2D eigenvalue weighted by Crippen LogP contribution is -2.37. The number of nitrogens with one attached hydrogen (secondary N) is 3. The Morgan fingerprint density at radius 3 is 2.82 bits per heavy atom. The second-order valence-electron chi connectivity index (χ2n) is 6.36. The lowest BCUT2D eigenvalue weighted by atomic mass is 10.1. The molecule has 7 heteroatoms. The minimum absolute atomic E-state index is 0. The molecule has 2 aromatic carbocycles. The molecule has 0 bridgehead atoms. The molecule has 0 saturated carbocycles. The summed E-state index contributed by atoms with van der Waals surface area (Å²) in [6, 6.07) is 14.8. The largest absolute Gasteiger partial charge is 0.459 e. The normalized spacial score (nSPS) is 11.6. The summed E-state index contributed by atoms with van der Waals surface area (Å²) in [5.74, 6) is 1.34. The molecule has 3 N–H and O–H groups in total. The van der Waals surface area contributed by atoms with E-state index in [4.69, 9.17) is 4.42 Å². The summed E-state index contributed by atoms with van der Waals surface area (Å²) in [4.78, 5) is 7.36. The molecule has 0 fully saturated rings. The lowest BCUT2D eigenvalue weighted by molar-refractivity contribution is 0.538. The maximum absolute atomic E-state index is 13.3. The van der Waals surface area contributed by atoms with E-state index in [1.54, 1.807) is 7.05 Å². The number of aromatic amines is 1. The number of para-hydroxylation sites is 1. The van der Waals surface area contributed by atoms with Crippen molar-refractivity contribution in [2.45, 2.75) is 13.0 Å². The minimum Gasteiger partial charge on any atom is -0.459 e. The smallest absolute Gasteiger partial charge is 0.191 e. The van der Waals surface area contributed by atoms with Gasteiger partial charge in [-0.1, -0.05) is 18.2 Å². The van der Waals surface area contributed by atoms with Crippen LogP contribution in [0.2, 0.25) is 0 Å². The summed E-state index contributed by atoms with van der Waals surface area (Å²) in [6.45, 7) is 1.27. The van der Waals surface area contributed by atoms with E-state index in [1.165, 1.54) is 12.1 Å². The van der Waals surface area contributed by atoms with Crippen molar-refractivity contribution in [1.29, 1.82) is 0 Å². The van der Waals surface area contributed by atoms with E-state index in [0.29, 0.717) is 19.0 Å². The molecule has 5 nitrogen and oxygen atoms in total. The molecular formula is C21H22FIN4O. The first-order valence-corrected chi connectivity index (χ1v) is 8.90. The summed E-state index contributed by atoms with van der Waals surface area (Å²) < 4.78 is 19.1. The number of halogens is 2. The molecule has 0 unspecified atom stereocenters. The topological polar surface area (TPSA) is 65.3 Å². The highest BCUT2D eigenvalue weighted by atomic mass is 127. The molecule has 146 valence electrons. The van der Waals surface area contributed by atoms with Crippen LogP contribution in [0.4, 0.5) is 4.39 Å². The van der Waals surface area contributed by atoms with Gasteiger partial charge < -0.3 is 20.0 Å². The van der Waals surface area contributed by atoms with Gasteiger partial charge in [0.1, 0.15) is 17.2 Å². The number of hydrogen-bond donors (Lipinski definition) is 3. The number of guanidine groups is 1. The third-order valence-electron chi connectivity index (χ3n) is 4.55. The fourth-order valence-corrected chi connectivity index (χ4v) is 3.20. The Hall–Kier alpha value is -2.55. The van der Waals surface area contributed by atoms with Gasteiger partial charge in [-0.3, -0.25) is 4.99 Å². The second-order valence-corrected chi connectivity index (χ2v) is 6.36. The SMILES string of the molecule is CN=C(NCCc1c[nH]c2cc(F)ccc12)NCc1cc2ccccc2o1.I. The van der Waals surface area contributed by atoms with Crippen molar-refractivity contribution < 1.29 is 8.81 Å². The van der Waals surface area contributed by atoms with E-state index in [2.05, 4.69) is 20.6 Å². The van der Waals surface area contributed by atoms with Gasteiger partial charge in [-0.2, -0.15) is 0 Å². The molecule has 0 radical (unpaired) electrons. The van der Waals surface area contributed by atoms with Gasteiger partial charge in [0.05, 0.1) is 6.54 Å². The molecule has 0 aliphatic rings. The van der Waals surface area contributed by atoms with Crippen molar-refractivity contribution in [3.05, 3.63) is 71.9 Å². The Bertz CT molecular complexity index is 1070. The lowest BCUT2D eigenvalue weighted by Gasteiger charge is -2.10. The average Bonchev–Trinajstić information content (AvgIpc) is 3.27. The maximum Gasteiger partial charge on any atom is 0.191 e. The summed E-state index contributed by atoms with van der Waals surface area (Å²) in [7, 11) is 1.74. The molecule has 4 rings (SSSR count). The zero-order valence-electron chi connectivity index (χ0n) is 15.5. The Balaban J connectivity index is 0.00000225. The number of furan rings is 1. The minimum atomic E-state index is -0.232. The second kappa shape index (κ2) is 9.09. The fraction of sp³-hybridized carbons (Fsp3) is 0.190. The highest BCUT2D eigenvalue weighted by Gasteiger charge is 2.07. The zero-order chi connectivity index (χ0) is 18.6. The van der Waals surface area contributed by atoms with Crippen LogP contribution in [0.1, 0.15) is 11.3 Å². The molecule has 0 saturated heterocycles. The van der Waals surface area contributed by atoms with Gasteiger partial charge in [-0.15, -0.1) is 24.0 Å². The van der Waals surface area contributed by atoms with E-state index in [-0.39, 0.29) is 29.8 Å². The summed E-state index contributed by atoms with van der Waals surface area (Å²) >= 11 is 0. The predicted molar refractivity (Wildman–Crippen MR) is 122 cm³/mol. The number of aliphatic imine (C=N–C) groups is 1. The Kier molecular flexibility index (Phi) is 6.56. The number of nitrogens with zero attached hydrogens (tertiary/aromatic N) is 1. The molecule has 0 aliphatic heterocycles. The van der Waals surface area contributed by atoms with Crippen LogP contribution in [-0.4, -0.2) is 24.5 Å². The van der Waals surface area contributed by atoms with Crippen LogP contribution in [0.25, 0.3) is 21.9 Å². The number of rotatable bonds is 5. The van der Waals surface area contributed by atoms with Crippen LogP contribution < -0.4 is 10.6 Å². The fourth-order valence-electron chi connectivity index (χ4n) is 3.20. The van der Waals surface area contributed by atoms with Crippen LogP contribution in [-0.2, 0) is 13.0 Å². The molecule has 0 amide bonds. The zero-order valence-corrected chi connectivity index (χ0v) is 17.8. The number of aromatic nitrogens is 1. The predicted octanol–water partition coefficient (Wildman–Crippen LogP) is 4.58. The van der Waals surface area contributed by atoms with Gasteiger partial charge in [-0.25, -0.2) is 4.39 Å². The van der Waals surface area contributed by atoms with E-state index in [1.807, 2.05) is 42.6 Å². The van der Waals surface area contributed by atoms with Crippen molar-refractivity contribution in [3.8, 4) is 0 Å². The Morgan fingerprint density at radius 1 is 1.14 bits per heavy atom. The third kappa shape index (κ3) is 4.46. The van der Waals surface area contributed by atoms with Crippen molar-refractivity contribution >= 4 is 51.8 Å². The summed E-state index contributed by atoms with van der Waals surface area (Å²) in [5, 5.41) is 8.69. The van der Waals surface area contributed by atoms with Crippen molar-refractivity contribution in [2.24, 2.45) is 4.99 Å². The monoisotopic (exact) mass is 492 g/mol. The number of hydrogen-bond acceptors (Lipinski definition) is 2. The van der Waals surface area contributed by atoms with Crippen molar-refractivity contribution in [1.82, 2.24) is 15.6 Å². The van der Waals surface area contributed by atoms with Crippen LogP contribution in [0.5, 0.6) is 0 Å². The Morgan fingerprint density at radius 2 is 2.00 bits per heavy atom. The number of benzene rings is 2. The van der Waals surface area contributed by atoms with Crippen LogP contribution in [0.3, 0.4) is 0 Å². The Labute approximate surface area is 179 Å².